The Morgan fingerprint density at radius 1 is 0.969 bits per heavy atom. The van der Waals surface area contributed by atoms with Crippen molar-refractivity contribution in [2.45, 2.75) is 46.1 Å². The van der Waals surface area contributed by atoms with Gasteiger partial charge in [-0.05, 0) is 29.6 Å². The molecular formula is C27H34N2O3. The average Bonchev–Trinajstić information content (AvgIpc) is 3.04. The second kappa shape index (κ2) is 9.70. The summed E-state index contributed by atoms with van der Waals surface area (Å²) in [5, 5.41) is 11.1. The van der Waals surface area contributed by atoms with Gasteiger partial charge in [0.2, 0.25) is 0 Å². The number of amides is 1. The minimum Gasteiger partial charge on any atom is -0.507 e. The van der Waals surface area contributed by atoms with Crippen molar-refractivity contribution >= 4 is 17.4 Å². The van der Waals surface area contributed by atoms with E-state index in [1.165, 1.54) is 5.56 Å². The molecule has 1 heterocycles. The number of aliphatic hydroxyl groups is 1. The Hall–Kier alpha value is -2.92. The summed E-state index contributed by atoms with van der Waals surface area (Å²) in [5.41, 5.74) is 2.68. The number of hydrogen-bond acceptors (Lipinski definition) is 4. The number of aliphatic hydroxyl groups excluding tert-OH is 1. The van der Waals surface area contributed by atoms with Crippen molar-refractivity contribution in [3.05, 3.63) is 76.9 Å². The maximum Gasteiger partial charge on any atom is 0.295 e. The highest BCUT2D eigenvalue weighted by molar-refractivity contribution is 6.46. The van der Waals surface area contributed by atoms with E-state index >= 15 is 0 Å². The molecule has 2 aromatic carbocycles. The summed E-state index contributed by atoms with van der Waals surface area (Å²) < 4.78 is 0. The van der Waals surface area contributed by atoms with E-state index in [9.17, 15) is 14.7 Å². The van der Waals surface area contributed by atoms with Crippen molar-refractivity contribution in [1.29, 1.82) is 0 Å². The lowest BCUT2D eigenvalue weighted by Gasteiger charge is -2.28. The quantitative estimate of drug-likeness (QED) is 0.388. The van der Waals surface area contributed by atoms with E-state index in [-0.39, 0.29) is 16.7 Å². The van der Waals surface area contributed by atoms with Gasteiger partial charge >= 0.3 is 0 Å². The van der Waals surface area contributed by atoms with E-state index in [0.717, 1.165) is 18.7 Å². The molecule has 5 nitrogen and oxygen atoms in total. The number of benzene rings is 2. The lowest BCUT2D eigenvalue weighted by Crippen LogP contribution is -2.38. The predicted molar refractivity (Wildman–Crippen MR) is 128 cm³/mol. The Bertz CT molecular complexity index is 984. The lowest BCUT2D eigenvalue weighted by atomic mass is 9.85. The van der Waals surface area contributed by atoms with E-state index in [1.54, 1.807) is 29.2 Å². The molecule has 0 saturated carbocycles. The van der Waals surface area contributed by atoms with Crippen LogP contribution >= 0.6 is 0 Å². The van der Waals surface area contributed by atoms with Crippen molar-refractivity contribution in [3.8, 4) is 0 Å². The highest BCUT2D eigenvalue weighted by atomic mass is 16.3. The first kappa shape index (κ1) is 23.7. The van der Waals surface area contributed by atoms with Gasteiger partial charge in [0.1, 0.15) is 5.76 Å². The molecule has 32 heavy (non-hydrogen) atoms. The van der Waals surface area contributed by atoms with E-state index in [4.69, 9.17) is 0 Å². The Morgan fingerprint density at radius 3 is 2.09 bits per heavy atom. The molecule has 1 amide bonds. The van der Waals surface area contributed by atoms with Crippen LogP contribution in [0.1, 0.15) is 57.4 Å². The second-order valence-corrected chi connectivity index (χ2v) is 9.26. The van der Waals surface area contributed by atoms with E-state index in [1.807, 2.05) is 30.3 Å². The van der Waals surface area contributed by atoms with Crippen LogP contribution in [0.5, 0.6) is 0 Å². The molecule has 5 heteroatoms. The van der Waals surface area contributed by atoms with Gasteiger partial charge < -0.3 is 14.9 Å². The molecule has 1 saturated heterocycles. The zero-order chi connectivity index (χ0) is 23.5. The van der Waals surface area contributed by atoms with Crippen LogP contribution in [0, 0.1) is 0 Å². The first-order chi connectivity index (χ1) is 15.2. The Kier molecular flexibility index (Phi) is 7.19. The number of likely N-dealkylation sites (N-methyl/N-ethyl adjacent to an activating group) is 1. The van der Waals surface area contributed by atoms with E-state index in [0.29, 0.717) is 18.7 Å². The minimum absolute atomic E-state index is 0.00681. The molecule has 1 aliphatic rings. The SMILES string of the molecule is CCN(CC)CCN1C(=O)C(=O)/C(=C(\O)c2ccccc2)C1c1ccc(C(C)(C)C)cc1. The Morgan fingerprint density at radius 2 is 1.56 bits per heavy atom. The summed E-state index contributed by atoms with van der Waals surface area (Å²) in [5.74, 6) is -1.31. The van der Waals surface area contributed by atoms with Crippen LogP contribution in [0.3, 0.4) is 0 Å². The Balaban J connectivity index is 2.09. The molecule has 170 valence electrons. The van der Waals surface area contributed by atoms with Crippen LogP contribution in [0.2, 0.25) is 0 Å². The number of rotatable bonds is 7. The first-order valence-electron chi connectivity index (χ1n) is 11.4. The molecule has 0 spiro atoms. The highest BCUT2D eigenvalue weighted by Crippen LogP contribution is 2.39. The fourth-order valence-corrected chi connectivity index (χ4v) is 4.16. The van der Waals surface area contributed by atoms with Crippen LogP contribution in [-0.4, -0.2) is 52.8 Å². The molecule has 3 rings (SSSR count). The molecule has 1 aliphatic heterocycles. The summed E-state index contributed by atoms with van der Waals surface area (Å²) in [7, 11) is 0. The number of Topliss-reactive ketones (excluding diaryl/α,β-unsaturated/α-hetero) is 1. The van der Waals surface area contributed by atoms with Gasteiger partial charge in [0.25, 0.3) is 11.7 Å². The molecule has 1 N–H and O–H groups in total. The van der Waals surface area contributed by atoms with Gasteiger partial charge in [0, 0.05) is 18.7 Å². The van der Waals surface area contributed by atoms with Gasteiger partial charge in [-0.15, -0.1) is 0 Å². The van der Waals surface area contributed by atoms with Gasteiger partial charge in [-0.2, -0.15) is 0 Å². The fourth-order valence-electron chi connectivity index (χ4n) is 4.16. The molecule has 1 atom stereocenters. The maximum absolute atomic E-state index is 13.1. The molecule has 0 radical (unpaired) electrons. The second-order valence-electron chi connectivity index (χ2n) is 9.26. The molecule has 2 aromatic rings. The third kappa shape index (κ3) is 4.78. The first-order valence-corrected chi connectivity index (χ1v) is 11.4. The van der Waals surface area contributed by atoms with Crippen LogP contribution in [0.4, 0.5) is 0 Å². The van der Waals surface area contributed by atoms with Crippen molar-refractivity contribution in [2.75, 3.05) is 26.2 Å². The van der Waals surface area contributed by atoms with Gasteiger partial charge in [0.05, 0.1) is 11.6 Å². The van der Waals surface area contributed by atoms with Gasteiger partial charge in [-0.3, -0.25) is 9.59 Å². The van der Waals surface area contributed by atoms with Gasteiger partial charge in [0.15, 0.2) is 0 Å². The normalized spacial score (nSPS) is 18.6. The monoisotopic (exact) mass is 434 g/mol. The van der Waals surface area contributed by atoms with E-state index < -0.39 is 17.7 Å². The van der Waals surface area contributed by atoms with Crippen LogP contribution in [-0.2, 0) is 15.0 Å². The fraction of sp³-hybridized carbons (Fsp3) is 0.407. The number of ketones is 1. The summed E-state index contributed by atoms with van der Waals surface area (Å²) in [6, 6.07) is 16.4. The van der Waals surface area contributed by atoms with Crippen LogP contribution in [0.15, 0.2) is 60.2 Å². The molecule has 0 aromatic heterocycles. The van der Waals surface area contributed by atoms with Crippen molar-refractivity contribution < 1.29 is 14.7 Å². The molecule has 0 aliphatic carbocycles. The van der Waals surface area contributed by atoms with Crippen LogP contribution in [0.25, 0.3) is 5.76 Å². The van der Waals surface area contributed by atoms with E-state index in [2.05, 4.69) is 39.5 Å². The lowest BCUT2D eigenvalue weighted by molar-refractivity contribution is -0.140. The predicted octanol–water partition coefficient (Wildman–Crippen LogP) is 4.75. The van der Waals surface area contributed by atoms with Gasteiger partial charge in [-0.25, -0.2) is 0 Å². The smallest absolute Gasteiger partial charge is 0.295 e. The van der Waals surface area contributed by atoms with Crippen LogP contribution < -0.4 is 0 Å². The summed E-state index contributed by atoms with van der Waals surface area (Å²) in [6.45, 7) is 13.4. The number of likely N-dealkylation sites (tertiary alicyclic amines) is 1. The zero-order valence-corrected chi connectivity index (χ0v) is 19.8. The molecule has 1 fully saturated rings. The molecule has 0 bridgehead atoms. The minimum atomic E-state index is -0.629. The summed E-state index contributed by atoms with van der Waals surface area (Å²) in [6.07, 6.45) is 0. The number of hydrogen-bond donors (Lipinski definition) is 1. The topological polar surface area (TPSA) is 60.9 Å². The standard InChI is InChI=1S/C27H34N2O3/c1-6-28(7-2)17-18-29-23(19-13-15-21(16-14-19)27(3,4)5)22(25(31)26(29)32)24(30)20-11-9-8-10-12-20/h8-16,23,30H,6-7,17-18H2,1-5H3/b24-22-. The average molecular weight is 435 g/mol. The van der Waals surface area contributed by atoms with Crippen molar-refractivity contribution in [2.24, 2.45) is 0 Å². The highest BCUT2D eigenvalue weighted by Gasteiger charge is 2.46. The summed E-state index contributed by atoms with van der Waals surface area (Å²) >= 11 is 0. The largest absolute Gasteiger partial charge is 0.507 e. The third-order valence-corrected chi connectivity index (χ3v) is 6.23. The van der Waals surface area contributed by atoms with Crippen molar-refractivity contribution in [3.63, 3.8) is 0 Å². The summed E-state index contributed by atoms with van der Waals surface area (Å²) in [4.78, 5) is 30.0. The van der Waals surface area contributed by atoms with Crippen molar-refractivity contribution in [1.82, 2.24) is 9.80 Å². The molecule has 1 unspecified atom stereocenters. The number of nitrogens with zero attached hydrogens (tertiary/aromatic N) is 2. The van der Waals surface area contributed by atoms with Gasteiger partial charge in [-0.1, -0.05) is 89.2 Å². The Labute approximate surface area is 191 Å². The number of carbonyl (C=O) groups excluding carboxylic acids is 2. The molecular weight excluding hydrogens is 400 g/mol. The zero-order valence-electron chi connectivity index (χ0n) is 19.8. The maximum atomic E-state index is 13.1. The number of carbonyl (C=O) groups is 2. The third-order valence-electron chi connectivity index (χ3n) is 6.23.